The van der Waals surface area contributed by atoms with Crippen LogP contribution in [0.2, 0.25) is 10.0 Å². The van der Waals surface area contributed by atoms with Gasteiger partial charge >= 0.3 is 0 Å². The van der Waals surface area contributed by atoms with Gasteiger partial charge < -0.3 is 5.11 Å². The molecule has 0 aliphatic rings. The van der Waals surface area contributed by atoms with Gasteiger partial charge in [0.15, 0.2) is 5.82 Å². The molecule has 0 aliphatic carbocycles. The maximum atomic E-state index is 14.5. The van der Waals surface area contributed by atoms with Gasteiger partial charge in [-0.15, -0.1) is 5.10 Å². The van der Waals surface area contributed by atoms with Crippen molar-refractivity contribution >= 4 is 35.0 Å². The number of aliphatic hydroxyl groups is 1. The smallest absolute Gasteiger partial charge is 0.208 e. The molecule has 1 atom stereocenters. The number of halogens is 4. The number of benzene rings is 2. The van der Waals surface area contributed by atoms with E-state index in [4.69, 9.17) is 23.2 Å². The second-order valence-electron chi connectivity index (χ2n) is 6.63. The summed E-state index contributed by atoms with van der Waals surface area (Å²) in [6, 6.07) is 7.98. The van der Waals surface area contributed by atoms with Gasteiger partial charge in [0.05, 0.1) is 11.6 Å². The van der Waals surface area contributed by atoms with Crippen LogP contribution in [0.15, 0.2) is 54.2 Å². The van der Waals surface area contributed by atoms with Crippen LogP contribution in [0, 0.1) is 11.6 Å². The summed E-state index contributed by atoms with van der Waals surface area (Å²) in [7, 11) is 0. The first-order valence-electron chi connectivity index (χ1n) is 8.85. The molecule has 0 fully saturated rings. The van der Waals surface area contributed by atoms with Crippen LogP contribution < -0.4 is 0 Å². The molecular formula is C19H14Cl2F2N6OS. The maximum absolute atomic E-state index is 14.5. The van der Waals surface area contributed by atoms with Crippen molar-refractivity contribution in [2.24, 2.45) is 0 Å². The first-order chi connectivity index (χ1) is 14.8. The summed E-state index contributed by atoms with van der Waals surface area (Å²) in [6.45, 7) is -0.108. The molecule has 7 nitrogen and oxygen atoms in total. The molecule has 160 valence electrons. The van der Waals surface area contributed by atoms with Gasteiger partial charge in [-0.1, -0.05) is 41.0 Å². The SMILES string of the molecule is OC(CSc1n[nH]c(-c2ccc(Cl)cc2Cl)n1)(Cn1cncn1)c1ccc(F)cc1F. The van der Waals surface area contributed by atoms with E-state index in [2.05, 4.69) is 25.3 Å². The van der Waals surface area contributed by atoms with Crippen LogP contribution in [0.4, 0.5) is 8.78 Å². The molecule has 4 rings (SSSR count). The highest BCUT2D eigenvalue weighted by atomic mass is 35.5. The third-order valence-electron chi connectivity index (χ3n) is 4.41. The number of aromatic amines is 1. The average Bonchev–Trinajstić information content (AvgIpc) is 3.38. The molecule has 2 N–H and O–H groups in total. The molecule has 1 unspecified atom stereocenters. The fraction of sp³-hybridized carbons (Fsp3) is 0.158. The average molecular weight is 483 g/mol. The largest absolute Gasteiger partial charge is 0.382 e. The molecule has 0 amide bonds. The van der Waals surface area contributed by atoms with Gasteiger partial charge in [0.25, 0.3) is 0 Å². The molecule has 0 saturated carbocycles. The minimum absolute atomic E-state index is 0.0406. The minimum Gasteiger partial charge on any atom is -0.382 e. The van der Waals surface area contributed by atoms with Crippen LogP contribution in [0.5, 0.6) is 0 Å². The van der Waals surface area contributed by atoms with Crippen molar-refractivity contribution in [3.05, 3.63) is 76.3 Å². The second kappa shape index (κ2) is 8.91. The van der Waals surface area contributed by atoms with Crippen molar-refractivity contribution in [1.29, 1.82) is 0 Å². The lowest BCUT2D eigenvalue weighted by Gasteiger charge is -2.28. The van der Waals surface area contributed by atoms with E-state index in [1.807, 2.05) is 0 Å². The number of H-pyrrole nitrogens is 1. The highest BCUT2D eigenvalue weighted by Crippen LogP contribution is 2.33. The first kappa shape index (κ1) is 21.7. The number of thioether (sulfide) groups is 1. The van der Waals surface area contributed by atoms with E-state index in [-0.39, 0.29) is 17.9 Å². The molecule has 0 bridgehead atoms. The normalized spacial score (nSPS) is 13.3. The Morgan fingerprint density at radius 3 is 2.71 bits per heavy atom. The van der Waals surface area contributed by atoms with E-state index in [1.165, 1.54) is 23.4 Å². The van der Waals surface area contributed by atoms with Crippen LogP contribution >= 0.6 is 35.0 Å². The van der Waals surface area contributed by atoms with Crippen molar-refractivity contribution in [3.8, 4) is 11.4 Å². The number of nitrogens with zero attached hydrogens (tertiary/aromatic N) is 5. The van der Waals surface area contributed by atoms with E-state index >= 15 is 0 Å². The summed E-state index contributed by atoms with van der Waals surface area (Å²) in [5.74, 6) is -1.24. The summed E-state index contributed by atoms with van der Waals surface area (Å²) in [5, 5.41) is 23.4. The zero-order valence-corrected chi connectivity index (χ0v) is 18.0. The fourth-order valence-electron chi connectivity index (χ4n) is 2.95. The number of hydrogen-bond donors (Lipinski definition) is 2. The van der Waals surface area contributed by atoms with Crippen molar-refractivity contribution in [2.75, 3.05) is 5.75 Å². The van der Waals surface area contributed by atoms with Crippen LogP contribution in [0.25, 0.3) is 11.4 Å². The van der Waals surface area contributed by atoms with E-state index in [1.54, 1.807) is 18.2 Å². The van der Waals surface area contributed by atoms with E-state index in [9.17, 15) is 13.9 Å². The Hall–Kier alpha value is -2.53. The van der Waals surface area contributed by atoms with Crippen LogP contribution in [-0.4, -0.2) is 40.8 Å². The Labute approximate surface area is 189 Å². The molecule has 2 aromatic carbocycles. The molecular weight excluding hydrogens is 469 g/mol. The number of aromatic nitrogens is 6. The summed E-state index contributed by atoms with van der Waals surface area (Å²) >= 11 is 13.2. The number of hydrogen-bond acceptors (Lipinski definition) is 6. The molecule has 0 saturated heterocycles. The quantitative estimate of drug-likeness (QED) is 0.381. The summed E-state index contributed by atoms with van der Waals surface area (Å²) in [6.07, 6.45) is 2.69. The molecule has 0 spiro atoms. The Morgan fingerprint density at radius 2 is 2.00 bits per heavy atom. The fourth-order valence-corrected chi connectivity index (χ4v) is 4.33. The van der Waals surface area contributed by atoms with Gasteiger partial charge in [-0.05, 0) is 24.3 Å². The Bertz CT molecular complexity index is 1210. The van der Waals surface area contributed by atoms with Gasteiger partial charge in [-0.2, -0.15) is 5.10 Å². The van der Waals surface area contributed by atoms with Crippen LogP contribution in [0.1, 0.15) is 5.56 Å². The maximum Gasteiger partial charge on any atom is 0.208 e. The first-order valence-corrected chi connectivity index (χ1v) is 10.6. The molecule has 12 heteroatoms. The third-order valence-corrected chi connectivity index (χ3v) is 6.02. The third kappa shape index (κ3) is 4.87. The molecule has 2 heterocycles. The monoisotopic (exact) mass is 482 g/mol. The van der Waals surface area contributed by atoms with Gasteiger partial charge in [0.1, 0.15) is 29.9 Å². The lowest BCUT2D eigenvalue weighted by Crippen LogP contribution is -2.35. The van der Waals surface area contributed by atoms with Crippen molar-refractivity contribution < 1.29 is 13.9 Å². The highest BCUT2D eigenvalue weighted by molar-refractivity contribution is 7.99. The zero-order valence-electron chi connectivity index (χ0n) is 15.6. The van der Waals surface area contributed by atoms with Gasteiger partial charge in [-0.25, -0.2) is 23.4 Å². The van der Waals surface area contributed by atoms with E-state index < -0.39 is 17.2 Å². The van der Waals surface area contributed by atoms with E-state index in [0.717, 1.165) is 23.9 Å². The standard InChI is InChI=1S/C19H14Cl2F2N6OS/c20-11-1-3-13(15(21)5-11)17-26-18(28-27-17)31-8-19(30,7-29-10-24-9-25-29)14-4-2-12(22)6-16(14)23/h1-6,9-10,30H,7-8H2,(H,26,27,28). The van der Waals surface area contributed by atoms with Crippen molar-refractivity contribution in [3.63, 3.8) is 0 Å². The van der Waals surface area contributed by atoms with Crippen molar-refractivity contribution in [1.82, 2.24) is 29.9 Å². The molecule has 31 heavy (non-hydrogen) atoms. The summed E-state index contributed by atoms with van der Waals surface area (Å²) < 4.78 is 29.2. The summed E-state index contributed by atoms with van der Waals surface area (Å²) in [4.78, 5) is 8.21. The van der Waals surface area contributed by atoms with Gasteiger partial charge in [0.2, 0.25) is 5.16 Å². The topological polar surface area (TPSA) is 92.5 Å². The number of nitrogens with one attached hydrogen (secondary N) is 1. The Balaban J connectivity index is 1.59. The highest BCUT2D eigenvalue weighted by Gasteiger charge is 2.34. The van der Waals surface area contributed by atoms with E-state index in [0.29, 0.717) is 26.6 Å². The lowest BCUT2D eigenvalue weighted by molar-refractivity contribution is 0.0360. The predicted octanol–water partition coefficient (Wildman–Crippen LogP) is 4.33. The molecule has 0 radical (unpaired) electrons. The Kier molecular flexibility index (Phi) is 6.24. The van der Waals surface area contributed by atoms with Crippen LogP contribution in [-0.2, 0) is 12.1 Å². The lowest BCUT2D eigenvalue weighted by atomic mass is 9.95. The molecule has 4 aromatic rings. The summed E-state index contributed by atoms with van der Waals surface area (Å²) in [5.41, 5.74) is -1.21. The van der Waals surface area contributed by atoms with Crippen LogP contribution in [0.3, 0.4) is 0 Å². The molecule has 2 aromatic heterocycles. The second-order valence-corrected chi connectivity index (χ2v) is 8.41. The predicted molar refractivity (Wildman–Crippen MR) is 113 cm³/mol. The molecule has 0 aliphatic heterocycles. The van der Waals surface area contributed by atoms with Crippen molar-refractivity contribution in [2.45, 2.75) is 17.3 Å². The van der Waals surface area contributed by atoms with Gasteiger partial charge in [0, 0.05) is 28.0 Å². The Morgan fingerprint density at radius 1 is 1.16 bits per heavy atom. The van der Waals surface area contributed by atoms with Gasteiger partial charge in [-0.3, -0.25) is 5.10 Å². The number of rotatable bonds is 7. The minimum atomic E-state index is -1.74. The zero-order chi connectivity index (χ0) is 22.0.